The number of carbonyl (C=O) groups is 2. The summed E-state index contributed by atoms with van der Waals surface area (Å²) in [6.07, 6.45) is 0.551. The molecular formula is C19H22N2O4. The molecule has 25 heavy (non-hydrogen) atoms. The van der Waals surface area contributed by atoms with E-state index in [1.807, 2.05) is 38.1 Å². The van der Waals surface area contributed by atoms with Gasteiger partial charge in [-0.05, 0) is 50.6 Å². The number of carbonyl (C=O) groups excluding carboxylic acids is 2. The zero-order valence-electron chi connectivity index (χ0n) is 14.9. The number of anilines is 1. The SMILES string of the molecule is Cc1ccc2c(c1)N(C)C(=O)C(C)(C(=O)NCCc1ccc(C)o1)O2. The van der Waals surface area contributed by atoms with Crippen molar-refractivity contribution in [2.24, 2.45) is 0 Å². The third-order valence-electron chi connectivity index (χ3n) is 4.39. The van der Waals surface area contributed by atoms with Crippen LogP contribution in [0.3, 0.4) is 0 Å². The summed E-state index contributed by atoms with van der Waals surface area (Å²) < 4.78 is 11.3. The lowest BCUT2D eigenvalue weighted by atomic mass is 10.00. The van der Waals surface area contributed by atoms with Gasteiger partial charge in [-0.2, -0.15) is 0 Å². The van der Waals surface area contributed by atoms with Gasteiger partial charge in [-0.3, -0.25) is 9.59 Å². The van der Waals surface area contributed by atoms with Crippen molar-refractivity contribution >= 4 is 17.5 Å². The van der Waals surface area contributed by atoms with Gasteiger partial charge in [0.15, 0.2) is 0 Å². The average molecular weight is 342 g/mol. The number of nitrogens with one attached hydrogen (secondary N) is 1. The Kier molecular flexibility index (Phi) is 4.29. The maximum absolute atomic E-state index is 12.7. The molecule has 6 heteroatoms. The molecule has 1 aliphatic rings. The zero-order valence-corrected chi connectivity index (χ0v) is 14.9. The van der Waals surface area contributed by atoms with Gasteiger partial charge >= 0.3 is 0 Å². The van der Waals surface area contributed by atoms with Crippen molar-refractivity contribution in [3.8, 4) is 5.75 Å². The van der Waals surface area contributed by atoms with Crippen molar-refractivity contribution in [1.29, 1.82) is 0 Å². The molecule has 1 aromatic heterocycles. The second-order valence-corrected chi connectivity index (χ2v) is 6.49. The van der Waals surface area contributed by atoms with Crippen LogP contribution in [0.2, 0.25) is 0 Å². The fourth-order valence-electron chi connectivity index (χ4n) is 2.90. The van der Waals surface area contributed by atoms with Crippen LogP contribution in [0, 0.1) is 13.8 Å². The molecule has 1 aliphatic heterocycles. The van der Waals surface area contributed by atoms with Crippen molar-refractivity contribution in [1.82, 2.24) is 5.32 Å². The molecule has 0 saturated heterocycles. The highest BCUT2D eigenvalue weighted by Crippen LogP contribution is 2.37. The van der Waals surface area contributed by atoms with Gasteiger partial charge in [0.05, 0.1) is 5.69 Å². The summed E-state index contributed by atoms with van der Waals surface area (Å²) in [6, 6.07) is 9.28. The quantitative estimate of drug-likeness (QED) is 0.866. The monoisotopic (exact) mass is 342 g/mol. The van der Waals surface area contributed by atoms with E-state index >= 15 is 0 Å². The highest BCUT2D eigenvalue weighted by atomic mass is 16.5. The number of fused-ring (bicyclic) bond motifs is 1. The molecule has 2 heterocycles. The topological polar surface area (TPSA) is 71.8 Å². The average Bonchev–Trinajstić information content (AvgIpc) is 2.99. The molecule has 0 fully saturated rings. The minimum atomic E-state index is -1.59. The van der Waals surface area contributed by atoms with Gasteiger partial charge in [0, 0.05) is 20.0 Å². The Morgan fingerprint density at radius 3 is 2.68 bits per heavy atom. The molecule has 0 bridgehead atoms. The molecule has 1 unspecified atom stereocenters. The molecule has 0 radical (unpaired) electrons. The summed E-state index contributed by atoms with van der Waals surface area (Å²) in [5.41, 5.74) is 0.0981. The Bertz CT molecular complexity index is 827. The van der Waals surface area contributed by atoms with Gasteiger partial charge < -0.3 is 19.4 Å². The number of benzene rings is 1. The van der Waals surface area contributed by atoms with Crippen LogP contribution in [0.4, 0.5) is 5.69 Å². The fraction of sp³-hybridized carbons (Fsp3) is 0.368. The van der Waals surface area contributed by atoms with Crippen molar-refractivity contribution in [2.75, 3.05) is 18.5 Å². The van der Waals surface area contributed by atoms with Gasteiger partial charge in [-0.15, -0.1) is 0 Å². The number of ether oxygens (including phenoxy) is 1. The highest BCUT2D eigenvalue weighted by molar-refractivity contribution is 6.16. The molecule has 0 aliphatic carbocycles. The first-order chi connectivity index (χ1) is 11.8. The molecule has 3 rings (SSSR count). The second-order valence-electron chi connectivity index (χ2n) is 6.49. The van der Waals surface area contributed by atoms with Crippen molar-refractivity contribution < 1.29 is 18.7 Å². The predicted molar refractivity (Wildman–Crippen MR) is 93.8 cm³/mol. The number of rotatable bonds is 4. The minimum absolute atomic E-state index is 0.364. The largest absolute Gasteiger partial charge is 0.466 e. The summed E-state index contributed by atoms with van der Waals surface area (Å²) in [4.78, 5) is 26.8. The highest BCUT2D eigenvalue weighted by Gasteiger charge is 2.49. The summed E-state index contributed by atoms with van der Waals surface area (Å²) >= 11 is 0. The number of hydrogen-bond acceptors (Lipinski definition) is 4. The van der Waals surface area contributed by atoms with Gasteiger partial charge in [-0.25, -0.2) is 0 Å². The lowest BCUT2D eigenvalue weighted by Gasteiger charge is -2.38. The van der Waals surface area contributed by atoms with Crippen LogP contribution >= 0.6 is 0 Å². The van der Waals surface area contributed by atoms with Gasteiger partial charge in [0.1, 0.15) is 17.3 Å². The van der Waals surface area contributed by atoms with E-state index in [4.69, 9.17) is 9.15 Å². The first kappa shape index (κ1) is 17.1. The molecule has 1 atom stereocenters. The molecule has 2 amide bonds. The van der Waals surface area contributed by atoms with Crippen LogP contribution in [0.1, 0.15) is 24.0 Å². The molecule has 132 valence electrons. The summed E-state index contributed by atoms with van der Waals surface area (Å²) in [7, 11) is 1.65. The summed E-state index contributed by atoms with van der Waals surface area (Å²) in [6.45, 7) is 5.67. The van der Waals surface area contributed by atoms with Crippen LogP contribution in [-0.4, -0.2) is 31.0 Å². The van der Waals surface area contributed by atoms with Gasteiger partial charge in [0.2, 0.25) is 0 Å². The smallest absolute Gasteiger partial charge is 0.280 e. The maximum Gasteiger partial charge on any atom is 0.280 e. The first-order valence-electron chi connectivity index (χ1n) is 8.22. The summed E-state index contributed by atoms with van der Waals surface area (Å²) in [5, 5.41) is 2.77. The Balaban J connectivity index is 1.72. The number of furan rings is 1. The maximum atomic E-state index is 12.7. The Labute approximate surface area is 146 Å². The van der Waals surface area contributed by atoms with E-state index in [0.717, 1.165) is 17.1 Å². The van der Waals surface area contributed by atoms with Crippen LogP contribution < -0.4 is 15.0 Å². The molecule has 0 saturated carbocycles. The van der Waals surface area contributed by atoms with E-state index in [2.05, 4.69) is 5.32 Å². The molecule has 1 N–H and O–H groups in total. The Hall–Kier alpha value is -2.76. The van der Waals surface area contributed by atoms with Crippen LogP contribution in [0.5, 0.6) is 5.75 Å². The third-order valence-corrected chi connectivity index (χ3v) is 4.39. The molecule has 1 aromatic carbocycles. The first-order valence-corrected chi connectivity index (χ1v) is 8.22. The van der Waals surface area contributed by atoms with Crippen LogP contribution in [0.15, 0.2) is 34.7 Å². The van der Waals surface area contributed by atoms with E-state index in [1.165, 1.54) is 11.8 Å². The van der Waals surface area contributed by atoms with Gasteiger partial charge in [0.25, 0.3) is 17.4 Å². The minimum Gasteiger partial charge on any atom is -0.466 e. The number of likely N-dealkylation sites (N-methyl/N-ethyl adjacent to an activating group) is 1. The second kappa shape index (κ2) is 6.27. The number of nitrogens with zero attached hydrogens (tertiary/aromatic N) is 1. The van der Waals surface area contributed by atoms with Crippen molar-refractivity contribution in [3.63, 3.8) is 0 Å². The van der Waals surface area contributed by atoms with Crippen LogP contribution in [-0.2, 0) is 16.0 Å². The van der Waals surface area contributed by atoms with E-state index in [-0.39, 0.29) is 0 Å². The van der Waals surface area contributed by atoms with E-state index in [1.54, 1.807) is 13.1 Å². The molecular weight excluding hydrogens is 320 g/mol. The lowest BCUT2D eigenvalue weighted by Crippen LogP contribution is -2.61. The van der Waals surface area contributed by atoms with Crippen molar-refractivity contribution in [3.05, 3.63) is 47.4 Å². The Morgan fingerprint density at radius 2 is 2.00 bits per heavy atom. The molecule has 0 spiro atoms. The van der Waals surface area contributed by atoms with Crippen LogP contribution in [0.25, 0.3) is 0 Å². The Morgan fingerprint density at radius 1 is 1.24 bits per heavy atom. The van der Waals surface area contributed by atoms with E-state index in [9.17, 15) is 9.59 Å². The number of hydrogen-bond donors (Lipinski definition) is 1. The van der Waals surface area contributed by atoms with Gasteiger partial charge in [-0.1, -0.05) is 6.07 Å². The number of aryl methyl sites for hydroxylation is 2. The molecule has 6 nitrogen and oxygen atoms in total. The van der Waals surface area contributed by atoms with E-state index < -0.39 is 17.4 Å². The lowest BCUT2D eigenvalue weighted by molar-refractivity contribution is -0.148. The fourth-order valence-corrected chi connectivity index (χ4v) is 2.90. The standard InChI is InChI=1S/C19H22N2O4/c1-12-5-8-16-15(11-12)21(4)18(23)19(3,25-16)17(22)20-10-9-14-7-6-13(2)24-14/h5-8,11H,9-10H2,1-4H3,(H,20,22). The van der Waals surface area contributed by atoms with Crippen molar-refractivity contribution in [2.45, 2.75) is 32.8 Å². The predicted octanol–water partition coefficient (Wildman–Crippen LogP) is 2.37. The third kappa shape index (κ3) is 3.12. The number of amides is 2. The normalized spacial score (nSPS) is 19.4. The molecule has 2 aromatic rings. The van der Waals surface area contributed by atoms with E-state index in [0.29, 0.717) is 24.4 Å². The summed E-state index contributed by atoms with van der Waals surface area (Å²) in [5.74, 6) is 1.28. The zero-order chi connectivity index (χ0) is 18.2.